The summed E-state index contributed by atoms with van der Waals surface area (Å²) >= 11 is 13.5. The summed E-state index contributed by atoms with van der Waals surface area (Å²) in [5, 5.41) is 2.61. The Labute approximate surface area is 154 Å². The quantitative estimate of drug-likeness (QED) is 0.777. The zero-order valence-electron chi connectivity index (χ0n) is 12.6. The predicted molar refractivity (Wildman–Crippen MR) is 97.7 cm³/mol. The predicted octanol–water partition coefficient (Wildman–Crippen LogP) is 3.88. The van der Waals surface area contributed by atoms with Crippen LogP contribution in [0, 0.1) is 0 Å². The van der Waals surface area contributed by atoms with Gasteiger partial charge in [0.15, 0.2) is 9.84 Å². The van der Waals surface area contributed by atoms with Gasteiger partial charge >= 0.3 is 0 Å². The Morgan fingerprint density at radius 3 is 2.62 bits per heavy atom. The van der Waals surface area contributed by atoms with E-state index >= 15 is 0 Å². The van der Waals surface area contributed by atoms with Crippen LogP contribution in [-0.2, 0) is 16.4 Å². The molecule has 8 heteroatoms. The number of hydrogen-bond donors (Lipinski definition) is 0. The smallest absolute Gasteiger partial charge is 0.254 e. The fourth-order valence-electron chi connectivity index (χ4n) is 2.75. The van der Waals surface area contributed by atoms with Gasteiger partial charge in [-0.15, -0.1) is 11.3 Å². The van der Waals surface area contributed by atoms with Crippen molar-refractivity contribution in [1.82, 2.24) is 4.90 Å². The molecule has 1 atom stereocenters. The van der Waals surface area contributed by atoms with Crippen molar-refractivity contribution in [1.29, 1.82) is 0 Å². The number of benzene rings is 1. The van der Waals surface area contributed by atoms with Crippen molar-refractivity contribution >= 4 is 50.3 Å². The Morgan fingerprint density at radius 2 is 2.04 bits per heavy atom. The number of thiophene rings is 1. The standard InChI is InChI=1S/C16H15Cl2NO3S2/c17-14-4-3-11(8-15(14)18)16(20)19(9-13-2-1-6-23-13)12-5-7-24(21,22)10-12/h1-4,6,8,12H,5,7,9-10H2/t12-/m1/s1. The van der Waals surface area contributed by atoms with Crippen LogP contribution in [0.5, 0.6) is 0 Å². The van der Waals surface area contributed by atoms with Crippen molar-refractivity contribution in [3.63, 3.8) is 0 Å². The molecule has 0 unspecified atom stereocenters. The van der Waals surface area contributed by atoms with E-state index in [2.05, 4.69) is 0 Å². The molecule has 1 aliphatic heterocycles. The van der Waals surface area contributed by atoms with E-state index in [1.165, 1.54) is 17.4 Å². The van der Waals surface area contributed by atoms with Crippen LogP contribution in [0.2, 0.25) is 10.0 Å². The maximum Gasteiger partial charge on any atom is 0.254 e. The molecule has 2 heterocycles. The van der Waals surface area contributed by atoms with Gasteiger partial charge in [0.2, 0.25) is 0 Å². The summed E-state index contributed by atoms with van der Waals surface area (Å²) in [6, 6.07) is 8.24. The third-order valence-corrected chi connectivity index (χ3v) is 7.33. The molecule has 0 radical (unpaired) electrons. The highest BCUT2D eigenvalue weighted by molar-refractivity contribution is 7.91. The minimum Gasteiger partial charge on any atom is -0.329 e. The summed E-state index contributed by atoms with van der Waals surface area (Å²) in [4.78, 5) is 15.6. The van der Waals surface area contributed by atoms with Crippen LogP contribution < -0.4 is 0 Å². The summed E-state index contributed by atoms with van der Waals surface area (Å²) in [5.74, 6) is -0.109. The van der Waals surface area contributed by atoms with E-state index in [4.69, 9.17) is 23.2 Å². The van der Waals surface area contributed by atoms with Crippen molar-refractivity contribution in [3.05, 3.63) is 56.2 Å². The second-order valence-electron chi connectivity index (χ2n) is 5.70. The molecule has 0 N–H and O–H groups in total. The van der Waals surface area contributed by atoms with Crippen LogP contribution in [0.3, 0.4) is 0 Å². The Bertz CT molecular complexity index is 850. The number of amides is 1. The van der Waals surface area contributed by atoms with Gasteiger partial charge in [-0.3, -0.25) is 4.79 Å². The zero-order valence-corrected chi connectivity index (χ0v) is 15.8. The third kappa shape index (κ3) is 3.94. The largest absolute Gasteiger partial charge is 0.329 e. The maximum atomic E-state index is 13.0. The summed E-state index contributed by atoms with van der Waals surface area (Å²) < 4.78 is 23.7. The van der Waals surface area contributed by atoms with Crippen LogP contribution in [0.15, 0.2) is 35.7 Å². The van der Waals surface area contributed by atoms with E-state index in [1.807, 2.05) is 17.5 Å². The van der Waals surface area contributed by atoms with E-state index in [0.29, 0.717) is 28.6 Å². The molecule has 1 aromatic carbocycles. The second-order valence-corrected chi connectivity index (χ2v) is 9.77. The third-order valence-electron chi connectivity index (χ3n) is 3.98. The van der Waals surface area contributed by atoms with Gasteiger partial charge in [-0.1, -0.05) is 29.3 Å². The number of nitrogens with zero attached hydrogens (tertiary/aromatic N) is 1. The zero-order chi connectivity index (χ0) is 17.3. The molecule has 1 saturated heterocycles. The van der Waals surface area contributed by atoms with Gasteiger partial charge in [-0.2, -0.15) is 0 Å². The lowest BCUT2D eigenvalue weighted by molar-refractivity contribution is 0.0683. The Hall–Kier alpha value is -1.08. The first-order valence-electron chi connectivity index (χ1n) is 7.34. The number of rotatable bonds is 4. The fraction of sp³-hybridized carbons (Fsp3) is 0.312. The maximum absolute atomic E-state index is 13.0. The number of carbonyl (C=O) groups is 1. The molecule has 128 valence electrons. The molecule has 0 bridgehead atoms. The molecule has 1 aliphatic rings. The molecule has 4 nitrogen and oxygen atoms in total. The minimum atomic E-state index is -3.09. The average molecular weight is 404 g/mol. The fourth-order valence-corrected chi connectivity index (χ4v) is 5.48. The Kier molecular flexibility index (Phi) is 5.20. The summed E-state index contributed by atoms with van der Waals surface area (Å²) in [5.41, 5.74) is 0.408. The van der Waals surface area contributed by atoms with Crippen LogP contribution in [0.4, 0.5) is 0 Å². The van der Waals surface area contributed by atoms with Crippen LogP contribution in [-0.4, -0.2) is 36.8 Å². The lowest BCUT2D eigenvalue weighted by Gasteiger charge is -2.28. The van der Waals surface area contributed by atoms with E-state index < -0.39 is 9.84 Å². The number of carbonyl (C=O) groups excluding carboxylic acids is 1. The van der Waals surface area contributed by atoms with Gasteiger partial charge in [0.25, 0.3) is 5.91 Å². The molecular formula is C16H15Cl2NO3S2. The highest BCUT2D eigenvalue weighted by Gasteiger charge is 2.35. The van der Waals surface area contributed by atoms with Gasteiger partial charge in [0.05, 0.1) is 28.1 Å². The molecule has 24 heavy (non-hydrogen) atoms. The highest BCUT2D eigenvalue weighted by atomic mass is 35.5. The molecule has 3 rings (SSSR count). The topological polar surface area (TPSA) is 54.5 Å². The van der Waals surface area contributed by atoms with Crippen LogP contribution >= 0.6 is 34.5 Å². The van der Waals surface area contributed by atoms with Crippen molar-refractivity contribution in [2.75, 3.05) is 11.5 Å². The van der Waals surface area contributed by atoms with Crippen molar-refractivity contribution in [2.45, 2.75) is 19.0 Å². The second kappa shape index (κ2) is 7.04. The van der Waals surface area contributed by atoms with Crippen molar-refractivity contribution in [2.24, 2.45) is 0 Å². The van der Waals surface area contributed by atoms with Gasteiger partial charge in [-0.05, 0) is 36.1 Å². The van der Waals surface area contributed by atoms with E-state index in [9.17, 15) is 13.2 Å². The Balaban J connectivity index is 1.91. The van der Waals surface area contributed by atoms with Crippen molar-refractivity contribution in [3.8, 4) is 0 Å². The first kappa shape index (κ1) is 17.7. The molecule has 0 spiro atoms. The lowest BCUT2D eigenvalue weighted by atomic mass is 10.1. The number of halogens is 2. The number of hydrogen-bond acceptors (Lipinski definition) is 4. The van der Waals surface area contributed by atoms with Gasteiger partial charge in [0, 0.05) is 16.5 Å². The van der Waals surface area contributed by atoms with Crippen molar-refractivity contribution < 1.29 is 13.2 Å². The van der Waals surface area contributed by atoms with Crippen LogP contribution in [0.25, 0.3) is 0 Å². The molecule has 2 aromatic rings. The highest BCUT2D eigenvalue weighted by Crippen LogP contribution is 2.27. The first-order valence-corrected chi connectivity index (χ1v) is 10.8. The summed E-state index contributed by atoms with van der Waals surface area (Å²) in [6.07, 6.45) is 0.459. The Morgan fingerprint density at radius 1 is 1.25 bits per heavy atom. The monoisotopic (exact) mass is 403 g/mol. The van der Waals surface area contributed by atoms with Gasteiger partial charge < -0.3 is 4.90 Å². The lowest BCUT2D eigenvalue weighted by Crippen LogP contribution is -2.40. The summed E-state index contributed by atoms with van der Waals surface area (Å²) in [6.45, 7) is 0.386. The van der Waals surface area contributed by atoms with E-state index in [1.54, 1.807) is 17.0 Å². The SMILES string of the molecule is O=C(c1ccc(Cl)c(Cl)c1)N(Cc1cccs1)[C@@H]1CCS(=O)(=O)C1. The summed E-state index contributed by atoms with van der Waals surface area (Å²) in [7, 11) is -3.09. The minimum absolute atomic E-state index is 0.00539. The molecule has 0 aliphatic carbocycles. The van der Waals surface area contributed by atoms with Crippen LogP contribution in [0.1, 0.15) is 21.7 Å². The van der Waals surface area contributed by atoms with Gasteiger partial charge in [0.1, 0.15) is 0 Å². The molecule has 0 saturated carbocycles. The van der Waals surface area contributed by atoms with E-state index in [0.717, 1.165) is 4.88 Å². The normalized spacial score (nSPS) is 19.3. The molecule has 1 fully saturated rings. The molecule has 1 amide bonds. The average Bonchev–Trinajstić information content (AvgIpc) is 3.16. The van der Waals surface area contributed by atoms with E-state index in [-0.39, 0.29) is 23.5 Å². The number of sulfone groups is 1. The van der Waals surface area contributed by atoms with Gasteiger partial charge in [-0.25, -0.2) is 8.42 Å². The molecular weight excluding hydrogens is 389 g/mol. The molecule has 1 aromatic heterocycles. The first-order chi connectivity index (χ1) is 11.4.